The van der Waals surface area contributed by atoms with Crippen molar-refractivity contribution >= 4 is 17.7 Å². The molecule has 1 amide bonds. The summed E-state index contributed by atoms with van der Waals surface area (Å²) >= 11 is 0. The lowest BCUT2D eigenvalue weighted by molar-refractivity contribution is -0.178. The predicted octanol–water partition coefficient (Wildman–Crippen LogP) is 3.75. The molecule has 2 atom stereocenters. The van der Waals surface area contributed by atoms with E-state index in [-0.39, 0.29) is 12.8 Å². The minimum Gasteiger partial charge on any atom is -0.444 e. The van der Waals surface area contributed by atoms with Crippen LogP contribution in [0.15, 0.2) is 0 Å². The van der Waals surface area contributed by atoms with Crippen LogP contribution >= 0.6 is 0 Å². The molecule has 0 aromatic rings. The average Bonchev–Trinajstić information content (AvgIpc) is 2.40. The first-order valence-corrected chi connectivity index (χ1v) is 7.85. The SMILES string of the molecule is CCCC(=O)C(C(=O)C(F)(F)F)C(CC)N(C)C(=O)OC(C)(C)C. The van der Waals surface area contributed by atoms with Crippen LogP contribution in [-0.4, -0.2) is 47.4 Å². The number of nitrogens with zero attached hydrogens (tertiary/aromatic N) is 1. The van der Waals surface area contributed by atoms with Crippen LogP contribution < -0.4 is 0 Å². The average molecular weight is 353 g/mol. The van der Waals surface area contributed by atoms with Crippen molar-refractivity contribution in [1.29, 1.82) is 0 Å². The molecule has 140 valence electrons. The first-order valence-electron chi connectivity index (χ1n) is 7.85. The summed E-state index contributed by atoms with van der Waals surface area (Å²) in [6.07, 6.45) is -5.86. The Balaban J connectivity index is 5.65. The molecule has 8 heteroatoms. The number of amides is 1. The Morgan fingerprint density at radius 3 is 1.92 bits per heavy atom. The number of carbonyl (C=O) groups is 3. The van der Waals surface area contributed by atoms with Gasteiger partial charge in [-0.2, -0.15) is 13.2 Å². The maximum absolute atomic E-state index is 12.9. The summed E-state index contributed by atoms with van der Waals surface area (Å²) in [5.41, 5.74) is -0.847. The second-order valence-electron chi connectivity index (χ2n) is 6.62. The lowest BCUT2D eigenvalue weighted by Gasteiger charge is -2.34. The first kappa shape index (κ1) is 22.4. The molecule has 2 unspecified atom stereocenters. The summed E-state index contributed by atoms with van der Waals surface area (Å²) in [7, 11) is 1.23. The van der Waals surface area contributed by atoms with Crippen molar-refractivity contribution < 1.29 is 32.3 Å². The van der Waals surface area contributed by atoms with Crippen molar-refractivity contribution in [2.75, 3.05) is 7.05 Å². The van der Waals surface area contributed by atoms with Crippen LogP contribution in [0.1, 0.15) is 53.9 Å². The molecule has 0 aliphatic rings. The summed E-state index contributed by atoms with van der Waals surface area (Å²) < 4.78 is 43.8. The smallest absolute Gasteiger partial charge is 0.444 e. The van der Waals surface area contributed by atoms with Gasteiger partial charge in [-0.3, -0.25) is 9.59 Å². The van der Waals surface area contributed by atoms with Crippen LogP contribution in [0.3, 0.4) is 0 Å². The van der Waals surface area contributed by atoms with E-state index in [1.54, 1.807) is 27.7 Å². The Hall–Kier alpha value is -1.60. The maximum atomic E-state index is 12.9. The van der Waals surface area contributed by atoms with Crippen molar-refractivity contribution in [2.24, 2.45) is 5.92 Å². The quantitative estimate of drug-likeness (QED) is 0.654. The van der Waals surface area contributed by atoms with Gasteiger partial charge in [-0.25, -0.2) is 4.79 Å². The van der Waals surface area contributed by atoms with Crippen molar-refractivity contribution in [3.8, 4) is 0 Å². The molecule has 0 fully saturated rings. The Bertz CT molecular complexity index is 469. The molecule has 0 bridgehead atoms. The minimum atomic E-state index is -5.14. The predicted molar refractivity (Wildman–Crippen MR) is 82.5 cm³/mol. The molecular weight excluding hydrogens is 327 g/mol. The molecular formula is C16H26F3NO4. The summed E-state index contributed by atoms with van der Waals surface area (Å²) in [6.45, 7) is 7.98. The van der Waals surface area contributed by atoms with Gasteiger partial charge in [0.25, 0.3) is 0 Å². The molecule has 0 saturated carbocycles. The molecule has 0 spiro atoms. The highest BCUT2D eigenvalue weighted by atomic mass is 19.4. The number of Topliss-reactive ketones (excluding diaryl/α,β-unsaturated/α-hetero) is 2. The zero-order chi connectivity index (χ0) is 19.3. The van der Waals surface area contributed by atoms with E-state index >= 15 is 0 Å². The van der Waals surface area contributed by atoms with Crippen LogP contribution in [0.2, 0.25) is 0 Å². The van der Waals surface area contributed by atoms with E-state index in [9.17, 15) is 27.6 Å². The van der Waals surface area contributed by atoms with Gasteiger partial charge in [0.15, 0.2) is 0 Å². The van der Waals surface area contributed by atoms with Gasteiger partial charge >= 0.3 is 12.3 Å². The zero-order valence-corrected chi connectivity index (χ0v) is 15.0. The van der Waals surface area contributed by atoms with Gasteiger partial charge in [0.2, 0.25) is 5.78 Å². The largest absolute Gasteiger partial charge is 0.450 e. The van der Waals surface area contributed by atoms with Gasteiger partial charge in [0, 0.05) is 13.5 Å². The molecule has 0 rings (SSSR count). The molecule has 0 aliphatic heterocycles. The molecule has 0 aromatic carbocycles. The summed E-state index contributed by atoms with van der Waals surface area (Å²) in [5.74, 6) is -4.88. The fourth-order valence-corrected chi connectivity index (χ4v) is 2.32. The minimum absolute atomic E-state index is 0.0116. The van der Waals surface area contributed by atoms with E-state index in [1.807, 2.05) is 0 Å². The van der Waals surface area contributed by atoms with Gasteiger partial charge in [0.1, 0.15) is 17.3 Å². The Morgan fingerprint density at radius 2 is 1.58 bits per heavy atom. The van der Waals surface area contributed by atoms with Crippen LogP contribution in [-0.2, 0) is 14.3 Å². The summed E-state index contributed by atoms with van der Waals surface area (Å²) in [4.78, 5) is 36.9. The third-order valence-corrected chi connectivity index (χ3v) is 3.39. The molecule has 0 heterocycles. The van der Waals surface area contributed by atoms with Crippen molar-refractivity contribution in [3.05, 3.63) is 0 Å². The van der Waals surface area contributed by atoms with E-state index in [0.717, 1.165) is 4.90 Å². The zero-order valence-electron chi connectivity index (χ0n) is 15.0. The highest BCUT2D eigenvalue weighted by Crippen LogP contribution is 2.28. The standard InChI is InChI=1S/C16H26F3NO4/c1-7-9-11(21)12(13(22)16(17,18)19)10(8-2)20(6)14(23)24-15(3,4)5/h10,12H,7-9H2,1-6H3. The van der Waals surface area contributed by atoms with E-state index < -0.39 is 41.4 Å². The number of ketones is 2. The highest BCUT2D eigenvalue weighted by Gasteiger charge is 2.50. The number of alkyl halides is 3. The second kappa shape index (κ2) is 8.48. The van der Waals surface area contributed by atoms with E-state index in [4.69, 9.17) is 4.74 Å². The van der Waals surface area contributed by atoms with Crippen molar-refractivity contribution in [2.45, 2.75) is 71.7 Å². The third-order valence-electron chi connectivity index (χ3n) is 3.39. The molecule has 24 heavy (non-hydrogen) atoms. The normalized spacial score (nSPS) is 14.7. The first-order chi connectivity index (χ1) is 10.8. The van der Waals surface area contributed by atoms with Crippen molar-refractivity contribution in [3.63, 3.8) is 0 Å². The van der Waals surface area contributed by atoms with Crippen molar-refractivity contribution in [1.82, 2.24) is 4.90 Å². The van der Waals surface area contributed by atoms with E-state index in [0.29, 0.717) is 6.42 Å². The third kappa shape index (κ3) is 6.49. The van der Waals surface area contributed by atoms with Crippen LogP contribution in [0, 0.1) is 5.92 Å². The summed E-state index contributed by atoms with van der Waals surface area (Å²) in [5, 5.41) is 0. The Kier molecular flexibility index (Phi) is 7.92. The van der Waals surface area contributed by atoms with Gasteiger partial charge in [0.05, 0.1) is 6.04 Å². The van der Waals surface area contributed by atoms with Gasteiger partial charge in [-0.05, 0) is 33.6 Å². The monoisotopic (exact) mass is 353 g/mol. The number of carbonyl (C=O) groups excluding carboxylic acids is 3. The van der Waals surface area contributed by atoms with E-state index in [2.05, 4.69) is 0 Å². The number of halogens is 3. The van der Waals surface area contributed by atoms with Crippen LogP contribution in [0.4, 0.5) is 18.0 Å². The second-order valence-corrected chi connectivity index (χ2v) is 6.62. The topological polar surface area (TPSA) is 63.7 Å². The molecule has 0 N–H and O–H groups in total. The lowest BCUT2D eigenvalue weighted by atomic mass is 9.86. The molecule has 0 aliphatic carbocycles. The molecule has 0 radical (unpaired) electrons. The van der Waals surface area contributed by atoms with Crippen LogP contribution in [0.5, 0.6) is 0 Å². The fourth-order valence-electron chi connectivity index (χ4n) is 2.32. The summed E-state index contributed by atoms with van der Waals surface area (Å²) in [6, 6.07) is -1.21. The molecule has 5 nitrogen and oxygen atoms in total. The fraction of sp³-hybridized carbons (Fsp3) is 0.812. The van der Waals surface area contributed by atoms with E-state index in [1.165, 1.54) is 14.0 Å². The number of ether oxygens (including phenoxy) is 1. The Morgan fingerprint density at radius 1 is 1.08 bits per heavy atom. The molecule has 0 aromatic heterocycles. The maximum Gasteiger partial charge on any atom is 0.450 e. The number of hydrogen-bond acceptors (Lipinski definition) is 4. The van der Waals surface area contributed by atoms with Gasteiger partial charge in [-0.1, -0.05) is 13.8 Å². The molecule has 0 saturated heterocycles. The number of rotatable bonds is 7. The highest BCUT2D eigenvalue weighted by molar-refractivity contribution is 6.05. The Labute approximate surface area is 140 Å². The van der Waals surface area contributed by atoms with Crippen LogP contribution in [0.25, 0.3) is 0 Å². The van der Waals surface area contributed by atoms with Gasteiger partial charge < -0.3 is 9.64 Å². The lowest BCUT2D eigenvalue weighted by Crippen LogP contribution is -2.51. The van der Waals surface area contributed by atoms with Gasteiger partial charge in [-0.15, -0.1) is 0 Å². The number of hydrogen-bond donors (Lipinski definition) is 0.